The molecule has 1 N–H and O–H groups in total. The van der Waals surface area contributed by atoms with Crippen molar-refractivity contribution < 1.29 is 5.11 Å². The summed E-state index contributed by atoms with van der Waals surface area (Å²) in [5.74, 6) is 3.55. The number of fused-ring (bicyclic) bond motifs is 1. The quantitative estimate of drug-likeness (QED) is 0.561. The first-order valence-corrected chi connectivity index (χ1v) is 5.02. The van der Waals surface area contributed by atoms with E-state index in [1.165, 1.54) is 25.7 Å². The maximum Gasteiger partial charge on any atom is 0.0574 e. The van der Waals surface area contributed by atoms with Gasteiger partial charge in [-0.15, -0.1) is 0 Å². The van der Waals surface area contributed by atoms with Gasteiger partial charge in [-0.2, -0.15) is 0 Å². The first kappa shape index (κ1) is 6.47. The Kier molecular flexibility index (Phi) is 1.18. The molecule has 0 aromatic rings. The van der Waals surface area contributed by atoms with Crippen molar-refractivity contribution in [3.05, 3.63) is 0 Å². The van der Waals surface area contributed by atoms with Gasteiger partial charge in [-0.25, -0.2) is 0 Å². The summed E-state index contributed by atoms with van der Waals surface area (Å²) in [6, 6.07) is 0. The highest BCUT2D eigenvalue weighted by atomic mass is 16.3. The molecule has 4 aliphatic carbocycles. The van der Waals surface area contributed by atoms with Crippen LogP contribution in [0, 0.1) is 23.7 Å². The SMILES string of the molecule is OC1CC2CC3CCC2C1C3. The lowest BCUT2D eigenvalue weighted by molar-refractivity contribution is 0.0460. The van der Waals surface area contributed by atoms with E-state index in [1.54, 1.807) is 0 Å². The Hall–Kier alpha value is -0.0400. The number of aliphatic hydroxyl groups excluding tert-OH is 1. The normalized spacial score (nSPS) is 60.3. The van der Waals surface area contributed by atoms with Gasteiger partial charge in [-0.05, 0) is 49.4 Å². The predicted molar refractivity (Wildman–Crippen MR) is 43.1 cm³/mol. The molecule has 4 aliphatic rings. The molecule has 1 nitrogen and oxygen atoms in total. The minimum Gasteiger partial charge on any atom is -0.393 e. The Morgan fingerprint density at radius 2 is 1.82 bits per heavy atom. The molecule has 1 heteroatoms. The summed E-state index contributed by atoms with van der Waals surface area (Å²) >= 11 is 0. The Bertz CT molecular complexity index is 174. The first-order valence-electron chi connectivity index (χ1n) is 5.02. The van der Waals surface area contributed by atoms with E-state index < -0.39 is 0 Å². The van der Waals surface area contributed by atoms with Crippen molar-refractivity contribution in [1.82, 2.24) is 0 Å². The summed E-state index contributed by atoms with van der Waals surface area (Å²) in [6.45, 7) is 0. The van der Waals surface area contributed by atoms with E-state index in [-0.39, 0.29) is 6.10 Å². The summed E-state index contributed by atoms with van der Waals surface area (Å²) in [4.78, 5) is 0. The van der Waals surface area contributed by atoms with Crippen LogP contribution in [0.3, 0.4) is 0 Å². The molecule has 5 atom stereocenters. The smallest absolute Gasteiger partial charge is 0.0574 e. The molecule has 4 rings (SSSR count). The molecule has 0 spiro atoms. The molecule has 5 unspecified atom stereocenters. The molecule has 4 bridgehead atoms. The lowest BCUT2D eigenvalue weighted by Gasteiger charge is -2.42. The first-order chi connectivity index (χ1) is 5.34. The van der Waals surface area contributed by atoms with Crippen molar-refractivity contribution in [2.75, 3.05) is 0 Å². The minimum absolute atomic E-state index is 0.0790. The average molecular weight is 152 g/mol. The third kappa shape index (κ3) is 0.752. The maximum absolute atomic E-state index is 9.72. The molecular formula is C10H16O. The zero-order chi connectivity index (χ0) is 7.42. The van der Waals surface area contributed by atoms with E-state index in [0.29, 0.717) is 5.92 Å². The molecule has 4 saturated carbocycles. The van der Waals surface area contributed by atoms with E-state index in [2.05, 4.69) is 0 Å². The summed E-state index contributed by atoms with van der Waals surface area (Å²) < 4.78 is 0. The largest absolute Gasteiger partial charge is 0.393 e. The Morgan fingerprint density at radius 1 is 0.909 bits per heavy atom. The topological polar surface area (TPSA) is 20.2 Å². The van der Waals surface area contributed by atoms with E-state index in [0.717, 1.165) is 24.2 Å². The molecule has 0 aromatic heterocycles. The summed E-state index contributed by atoms with van der Waals surface area (Å²) in [6.07, 6.45) is 6.89. The molecule has 0 radical (unpaired) electrons. The molecule has 11 heavy (non-hydrogen) atoms. The lowest BCUT2D eigenvalue weighted by Crippen LogP contribution is -2.34. The van der Waals surface area contributed by atoms with Crippen LogP contribution in [0.15, 0.2) is 0 Å². The van der Waals surface area contributed by atoms with Crippen molar-refractivity contribution in [2.45, 2.75) is 38.2 Å². The van der Waals surface area contributed by atoms with Gasteiger partial charge in [0, 0.05) is 0 Å². The van der Waals surface area contributed by atoms with Crippen molar-refractivity contribution in [2.24, 2.45) is 23.7 Å². The van der Waals surface area contributed by atoms with Crippen LogP contribution in [0.2, 0.25) is 0 Å². The van der Waals surface area contributed by atoms with E-state index in [1.807, 2.05) is 0 Å². The van der Waals surface area contributed by atoms with Gasteiger partial charge in [0.25, 0.3) is 0 Å². The van der Waals surface area contributed by atoms with Crippen LogP contribution in [-0.4, -0.2) is 11.2 Å². The number of hydrogen-bond acceptors (Lipinski definition) is 1. The van der Waals surface area contributed by atoms with Crippen LogP contribution >= 0.6 is 0 Å². The summed E-state index contributed by atoms with van der Waals surface area (Å²) in [5, 5.41) is 9.72. The molecule has 4 fully saturated rings. The second-order valence-corrected chi connectivity index (χ2v) is 4.81. The standard InChI is InChI=1S/C10H16O/c11-10-5-7-3-6-1-2-8(7)9(10)4-6/h6-11H,1-5H2. The van der Waals surface area contributed by atoms with Crippen molar-refractivity contribution in [3.8, 4) is 0 Å². The van der Waals surface area contributed by atoms with Gasteiger partial charge in [0.05, 0.1) is 6.10 Å². The maximum atomic E-state index is 9.72. The zero-order valence-corrected chi connectivity index (χ0v) is 6.87. The van der Waals surface area contributed by atoms with E-state index in [9.17, 15) is 5.11 Å². The van der Waals surface area contributed by atoms with Gasteiger partial charge < -0.3 is 5.11 Å². The van der Waals surface area contributed by atoms with Gasteiger partial charge in [-0.1, -0.05) is 6.42 Å². The van der Waals surface area contributed by atoms with Crippen molar-refractivity contribution >= 4 is 0 Å². The van der Waals surface area contributed by atoms with Crippen molar-refractivity contribution in [1.29, 1.82) is 0 Å². The van der Waals surface area contributed by atoms with E-state index in [4.69, 9.17) is 0 Å². The van der Waals surface area contributed by atoms with Gasteiger partial charge in [0.2, 0.25) is 0 Å². The molecule has 0 heterocycles. The van der Waals surface area contributed by atoms with Crippen LogP contribution < -0.4 is 0 Å². The number of rotatable bonds is 0. The molecule has 62 valence electrons. The fourth-order valence-electron chi connectivity index (χ4n) is 3.92. The van der Waals surface area contributed by atoms with Crippen LogP contribution in [0.5, 0.6) is 0 Å². The second-order valence-electron chi connectivity index (χ2n) is 4.81. The number of hydrogen-bond donors (Lipinski definition) is 1. The fourth-order valence-corrected chi connectivity index (χ4v) is 3.92. The van der Waals surface area contributed by atoms with Gasteiger partial charge in [0.1, 0.15) is 0 Å². The van der Waals surface area contributed by atoms with E-state index >= 15 is 0 Å². The van der Waals surface area contributed by atoms with Gasteiger partial charge in [0.15, 0.2) is 0 Å². The van der Waals surface area contributed by atoms with Crippen molar-refractivity contribution in [3.63, 3.8) is 0 Å². The number of aliphatic hydroxyl groups is 1. The monoisotopic (exact) mass is 152 g/mol. The summed E-state index contributed by atoms with van der Waals surface area (Å²) in [5.41, 5.74) is 0. The van der Waals surface area contributed by atoms with Crippen LogP contribution in [0.1, 0.15) is 32.1 Å². The highest BCUT2D eigenvalue weighted by molar-refractivity contribution is 5.00. The Morgan fingerprint density at radius 3 is 2.45 bits per heavy atom. The third-order valence-electron chi connectivity index (χ3n) is 4.34. The molecule has 0 saturated heterocycles. The lowest BCUT2D eigenvalue weighted by atomic mass is 9.64. The third-order valence-corrected chi connectivity index (χ3v) is 4.34. The molecule has 0 aromatic carbocycles. The molecule has 0 amide bonds. The minimum atomic E-state index is 0.0790. The highest BCUT2D eigenvalue weighted by Crippen LogP contribution is 2.56. The average Bonchev–Trinajstić information content (AvgIpc) is 2.25. The second kappa shape index (κ2) is 2.01. The zero-order valence-electron chi connectivity index (χ0n) is 6.87. The van der Waals surface area contributed by atoms with Crippen LogP contribution in [0.4, 0.5) is 0 Å². The summed E-state index contributed by atoms with van der Waals surface area (Å²) in [7, 11) is 0. The van der Waals surface area contributed by atoms with Gasteiger partial charge >= 0.3 is 0 Å². The Balaban J connectivity index is 1.93. The van der Waals surface area contributed by atoms with Gasteiger partial charge in [-0.3, -0.25) is 0 Å². The van der Waals surface area contributed by atoms with Crippen LogP contribution in [-0.2, 0) is 0 Å². The van der Waals surface area contributed by atoms with Crippen LogP contribution in [0.25, 0.3) is 0 Å². The Labute approximate surface area is 67.8 Å². The predicted octanol–water partition coefficient (Wildman–Crippen LogP) is 1.80. The molecule has 0 aliphatic heterocycles. The fraction of sp³-hybridized carbons (Fsp3) is 1.00. The highest BCUT2D eigenvalue weighted by Gasteiger charge is 2.50. The molecular weight excluding hydrogens is 136 g/mol.